The minimum atomic E-state index is 0. The van der Waals surface area contributed by atoms with Gasteiger partial charge in [-0.2, -0.15) is 72.8 Å². The number of hydrogen-bond donors (Lipinski definition) is 0. The normalized spacial score (nSPS) is 5.71. The van der Waals surface area contributed by atoms with Crippen LogP contribution in [-0.4, -0.2) is 0 Å². The molecule has 0 aliphatic rings. The van der Waals surface area contributed by atoms with Crippen LogP contribution in [0.2, 0.25) is 0 Å². The zero-order valence-electron chi connectivity index (χ0n) is 15.4. The Bertz CT molecular complexity index is 181. The van der Waals surface area contributed by atoms with E-state index in [-0.39, 0.29) is 32.7 Å². The molecule has 1 heteroatoms. The van der Waals surface area contributed by atoms with Crippen molar-refractivity contribution in [1.82, 2.24) is 0 Å². The van der Waals surface area contributed by atoms with Crippen molar-refractivity contribution >= 4 is 0 Å². The second-order valence-corrected chi connectivity index (χ2v) is 2.15. The van der Waals surface area contributed by atoms with Gasteiger partial charge in [0.25, 0.3) is 0 Å². The largest absolute Gasteiger partial charge is 0.184 e. The fourth-order valence-corrected chi connectivity index (χ4v) is 0.684. The van der Waals surface area contributed by atoms with Gasteiger partial charge in [0.15, 0.2) is 0 Å². The van der Waals surface area contributed by atoms with Gasteiger partial charge in [0, 0.05) is 32.7 Å². The topological polar surface area (TPSA) is 0 Å². The third kappa shape index (κ3) is 45.1. The summed E-state index contributed by atoms with van der Waals surface area (Å²) < 4.78 is 0. The molecular formula is C20H34Y-2. The van der Waals surface area contributed by atoms with Crippen LogP contribution in [0.1, 0.15) is 55.4 Å². The third-order valence-electron chi connectivity index (χ3n) is 1.21. The summed E-state index contributed by atoms with van der Waals surface area (Å²) in [4.78, 5) is 0. The molecule has 2 aromatic rings. The van der Waals surface area contributed by atoms with E-state index in [9.17, 15) is 0 Å². The van der Waals surface area contributed by atoms with E-state index in [0.717, 1.165) is 0 Å². The Balaban J connectivity index is -0.0000000539. The van der Waals surface area contributed by atoms with Crippen molar-refractivity contribution in [3.05, 3.63) is 72.8 Å². The molecule has 21 heavy (non-hydrogen) atoms. The molecule has 0 bridgehead atoms. The standard InChI is InChI=1S/2C6H5.4C2H6.Y/c2*1-2-4-6-5-3-1;4*1-2;/h2*1-5H;4*1-2H3;/q2*-1;;;;;. The average Bonchev–Trinajstić information content (AvgIpc) is 2.65. The van der Waals surface area contributed by atoms with Crippen LogP contribution in [0.5, 0.6) is 0 Å². The van der Waals surface area contributed by atoms with Gasteiger partial charge in [-0.3, -0.25) is 0 Å². The first kappa shape index (κ1) is 32.5. The number of rotatable bonds is 0. The van der Waals surface area contributed by atoms with Crippen molar-refractivity contribution < 1.29 is 32.7 Å². The van der Waals surface area contributed by atoms with Gasteiger partial charge in [0.2, 0.25) is 0 Å². The summed E-state index contributed by atoms with van der Waals surface area (Å²) in [7, 11) is 0. The van der Waals surface area contributed by atoms with E-state index in [1.807, 2.05) is 116 Å². The molecule has 0 amide bonds. The molecular weight excluding hydrogens is 329 g/mol. The van der Waals surface area contributed by atoms with E-state index < -0.39 is 0 Å². The Labute approximate surface area is 160 Å². The Kier molecular flexibility index (Phi) is 78.0. The van der Waals surface area contributed by atoms with Crippen molar-refractivity contribution in [2.24, 2.45) is 0 Å². The molecule has 0 aromatic heterocycles. The van der Waals surface area contributed by atoms with Crippen molar-refractivity contribution in [3.63, 3.8) is 0 Å². The Morgan fingerprint density at radius 1 is 0.381 bits per heavy atom. The van der Waals surface area contributed by atoms with Crippen molar-refractivity contribution in [2.75, 3.05) is 0 Å². The second kappa shape index (κ2) is 50.4. The van der Waals surface area contributed by atoms with Crippen LogP contribution in [0.25, 0.3) is 0 Å². The first-order valence-electron chi connectivity index (χ1n) is 7.82. The molecule has 1 radical (unpaired) electrons. The minimum Gasteiger partial charge on any atom is -0.184 e. The molecule has 0 N–H and O–H groups in total. The fourth-order valence-electron chi connectivity index (χ4n) is 0.684. The summed E-state index contributed by atoms with van der Waals surface area (Å²) in [6.45, 7) is 16.0. The van der Waals surface area contributed by atoms with Gasteiger partial charge in [0.1, 0.15) is 0 Å². The molecule has 0 saturated heterocycles. The maximum atomic E-state index is 2.89. The van der Waals surface area contributed by atoms with Gasteiger partial charge in [0.05, 0.1) is 0 Å². The van der Waals surface area contributed by atoms with Crippen molar-refractivity contribution in [3.8, 4) is 0 Å². The maximum Gasteiger partial charge on any atom is 0 e. The van der Waals surface area contributed by atoms with Crippen LogP contribution >= 0.6 is 0 Å². The molecule has 0 atom stereocenters. The molecule has 119 valence electrons. The second-order valence-electron chi connectivity index (χ2n) is 2.15. The van der Waals surface area contributed by atoms with Crippen LogP contribution in [0.15, 0.2) is 60.7 Å². The van der Waals surface area contributed by atoms with E-state index in [2.05, 4.69) is 12.1 Å². The SMILES string of the molecule is CC.CC.CC.CC.[Y].[c-]1ccccc1.[c-]1ccccc1. The van der Waals surface area contributed by atoms with E-state index >= 15 is 0 Å². The average molecular weight is 363 g/mol. The van der Waals surface area contributed by atoms with E-state index in [4.69, 9.17) is 0 Å². The van der Waals surface area contributed by atoms with Gasteiger partial charge < -0.3 is 0 Å². The molecule has 0 unspecified atom stereocenters. The Hall–Kier alpha value is -0.456. The van der Waals surface area contributed by atoms with Crippen molar-refractivity contribution in [1.29, 1.82) is 0 Å². The van der Waals surface area contributed by atoms with Gasteiger partial charge in [-0.05, 0) is 0 Å². The summed E-state index contributed by atoms with van der Waals surface area (Å²) in [6, 6.07) is 25.0. The predicted octanol–water partition coefficient (Wildman–Crippen LogP) is 7.08. The van der Waals surface area contributed by atoms with Gasteiger partial charge in [-0.25, -0.2) is 0 Å². The zero-order chi connectivity index (χ0) is 16.5. The van der Waals surface area contributed by atoms with Gasteiger partial charge in [-0.1, -0.05) is 55.4 Å². The van der Waals surface area contributed by atoms with Crippen molar-refractivity contribution in [2.45, 2.75) is 55.4 Å². The van der Waals surface area contributed by atoms with Crippen LogP contribution in [0.4, 0.5) is 0 Å². The molecule has 2 rings (SSSR count). The monoisotopic (exact) mass is 363 g/mol. The van der Waals surface area contributed by atoms with Crippen LogP contribution in [0.3, 0.4) is 0 Å². The quantitative estimate of drug-likeness (QED) is 0.439. The molecule has 0 heterocycles. The molecule has 0 saturated carbocycles. The minimum absolute atomic E-state index is 0. The summed E-state index contributed by atoms with van der Waals surface area (Å²) in [5.41, 5.74) is 0. The first-order valence-corrected chi connectivity index (χ1v) is 7.82. The van der Waals surface area contributed by atoms with Gasteiger partial charge >= 0.3 is 0 Å². The van der Waals surface area contributed by atoms with Crippen LogP contribution in [0, 0.1) is 12.1 Å². The smallest absolute Gasteiger partial charge is 0 e. The van der Waals surface area contributed by atoms with Crippen LogP contribution in [-0.2, 0) is 32.7 Å². The molecule has 0 fully saturated rings. The molecule has 0 nitrogen and oxygen atoms in total. The van der Waals surface area contributed by atoms with E-state index in [1.165, 1.54) is 0 Å². The molecule has 0 aliphatic heterocycles. The third-order valence-corrected chi connectivity index (χ3v) is 1.21. The van der Waals surface area contributed by atoms with E-state index in [1.54, 1.807) is 0 Å². The van der Waals surface area contributed by atoms with E-state index in [0.29, 0.717) is 0 Å². The van der Waals surface area contributed by atoms with Gasteiger partial charge in [-0.15, -0.1) is 0 Å². The Morgan fingerprint density at radius 3 is 0.619 bits per heavy atom. The summed E-state index contributed by atoms with van der Waals surface area (Å²) in [5, 5.41) is 0. The zero-order valence-corrected chi connectivity index (χ0v) is 18.2. The molecule has 0 spiro atoms. The predicted molar refractivity (Wildman–Crippen MR) is 95.9 cm³/mol. The molecule has 0 aliphatic carbocycles. The summed E-state index contributed by atoms with van der Waals surface area (Å²) in [5.74, 6) is 0. The molecule has 2 aromatic carbocycles. The number of benzene rings is 2. The maximum absolute atomic E-state index is 2.89. The summed E-state index contributed by atoms with van der Waals surface area (Å²) >= 11 is 0. The number of hydrogen-bond acceptors (Lipinski definition) is 0. The first-order chi connectivity index (χ1) is 10.0. The summed E-state index contributed by atoms with van der Waals surface area (Å²) in [6.07, 6.45) is 0. The Morgan fingerprint density at radius 2 is 0.571 bits per heavy atom. The van der Waals surface area contributed by atoms with Crippen LogP contribution < -0.4 is 0 Å². The fraction of sp³-hybridized carbons (Fsp3) is 0.400.